The van der Waals surface area contributed by atoms with Crippen LogP contribution in [0.5, 0.6) is 11.5 Å². The van der Waals surface area contributed by atoms with Gasteiger partial charge in [0, 0.05) is 5.92 Å². The molecule has 1 heterocycles. The van der Waals surface area contributed by atoms with E-state index in [1.54, 1.807) is 23.0 Å². The molecule has 0 bridgehead atoms. The lowest BCUT2D eigenvalue weighted by Crippen LogP contribution is -2.02. The molecule has 23 heavy (non-hydrogen) atoms. The Morgan fingerprint density at radius 3 is 2.78 bits per heavy atom. The number of hydrogen-bond donors (Lipinski definition) is 1. The zero-order chi connectivity index (χ0) is 17.0. The fourth-order valence-corrected chi connectivity index (χ4v) is 2.83. The molecule has 1 N–H and O–H groups in total. The van der Waals surface area contributed by atoms with Crippen LogP contribution in [0.4, 0.5) is 0 Å². The molecule has 0 aliphatic heterocycles. The van der Waals surface area contributed by atoms with Crippen molar-refractivity contribution in [3.05, 3.63) is 28.0 Å². The summed E-state index contributed by atoms with van der Waals surface area (Å²) < 4.78 is 7.72. The highest BCUT2D eigenvalue weighted by atomic mass is 79.9. The molecule has 0 radical (unpaired) electrons. The Labute approximate surface area is 148 Å². The second kappa shape index (κ2) is 7.83. The number of phenolic OH excluding ortho intramolecular Hbond substituents is 1. The van der Waals surface area contributed by atoms with Crippen molar-refractivity contribution in [3.63, 3.8) is 0 Å². The Hall–Kier alpha value is -1.54. The minimum atomic E-state index is 0.0842. The first-order valence-corrected chi connectivity index (χ1v) is 9.18. The van der Waals surface area contributed by atoms with Crippen LogP contribution in [-0.2, 0) is 0 Å². The van der Waals surface area contributed by atoms with Gasteiger partial charge in [-0.2, -0.15) is 9.78 Å². The third-order valence-corrected chi connectivity index (χ3v) is 4.23. The molecule has 124 valence electrons. The van der Waals surface area contributed by atoms with E-state index < -0.39 is 0 Å². The number of aromatic hydroxyl groups is 1. The molecule has 1 aromatic heterocycles. The van der Waals surface area contributed by atoms with Crippen LogP contribution in [0, 0.1) is 0 Å². The van der Waals surface area contributed by atoms with Gasteiger partial charge in [0.15, 0.2) is 17.3 Å². The molecule has 0 fully saturated rings. The number of rotatable bonds is 6. The first-order valence-electron chi connectivity index (χ1n) is 7.16. The van der Waals surface area contributed by atoms with Crippen molar-refractivity contribution in [2.45, 2.75) is 31.8 Å². The molecule has 0 amide bonds. The first kappa shape index (κ1) is 17.8. The zero-order valence-corrected chi connectivity index (χ0v) is 15.8. The third kappa shape index (κ3) is 4.06. The minimum Gasteiger partial charge on any atom is -0.503 e. The van der Waals surface area contributed by atoms with Gasteiger partial charge < -0.3 is 9.84 Å². The molecule has 0 saturated heterocycles. The summed E-state index contributed by atoms with van der Waals surface area (Å²) in [5.74, 6) is 1.52. The summed E-state index contributed by atoms with van der Waals surface area (Å²) in [6.45, 7) is 6.43. The highest BCUT2D eigenvalue weighted by molar-refractivity contribution is 9.10. The number of benzene rings is 1. The van der Waals surface area contributed by atoms with Crippen molar-refractivity contribution in [2.24, 2.45) is 5.10 Å². The summed E-state index contributed by atoms with van der Waals surface area (Å²) in [4.78, 5) is 0. The fraction of sp³-hybridized carbons (Fsp3) is 0.400. The van der Waals surface area contributed by atoms with E-state index in [2.05, 4.69) is 31.2 Å². The van der Waals surface area contributed by atoms with Gasteiger partial charge in [-0.1, -0.05) is 25.6 Å². The molecule has 1 aromatic carbocycles. The number of ether oxygens (including phenoxy) is 1. The van der Waals surface area contributed by atoms with E-state index in [9.17, 15) is 5.11 Å². The summed E-state index contributed by atoms with van der Waals surface area (Å²) in [6, 6.07) is 3.52. The summed E-state index contributed by atoms with van der Waals surface area (Å²) in [6.07, 6.45) is 3.63. The average molecular weight is 399 g/mol. The Bertz CT molecular complexity index is 716. The zero-order valence-electron chi connectivity index (χ0n) is 13.4. The largest absolute Gasteiger partial charge is 0.503 e. The van der Waals surface area contributed by atoms with Gasteiger partial charge >= 0.3 is 0 Å². The van der Waals surface area contributed by atoms with Gasteiger partial charge in [0.05, 0.1) is 17.3 Å². The predicted molar refractivity (Wildman–Crippen MR) is 95.9 cm³/mol. The Morgan fingerprint density at radius 2 is 2.17 bits per heavy atom. The molecule has 0 aliphatic rings. The highest BCUT2D eigenvalue weighted by Crippen LogP contribution is 2.35. The van der Waals surface area contributed by atoms with Crippen LogP contribution in [0.1, 0.15) is 38.1 Å². The molecule has 0 unspecified atom stereocenters. The normalized spacial score (nSPS) is 11.6. The second-order valence-corrected chi connectivity index (χ2v) is 6.67. The third-order valence-electron chi connectivity index (χ3n) is 3.01. The maximum absolute atomic E-state index is 9.96. The molecular weight excluding hydrogens is 380 g/mol. The number of halogens is 1. The van der Waals surface area contributed by atoms with Gasteiger partial charge in [0.1, 0.15) is 0 Å². The second-order valence-electron chi connectivity index (χ2n) is 5.04. The maximum atomic E-state index is 9.96. The quantitative estimate of drug-likeness (QED) is 0.590. The number of nitrogens with zero attached hydrogens (tertiary/aromatic N) is 4. The lowest BCUT2D eigenvalue weighted by atomic mass is 10.2. The number of thioether (sulfide) groups is 1. The van der Waals surface area contributed by atoms with Gasteiger partial charge in [-0.3, -0.25) is 0 Å². The Balaban J connectivity index is 2.39. The van der Waals surface area contributed by atoms with E-state index in [1.165, 1.54) is 11.8 Å². The standard InChI is InChI=1S/C15H19BrN4O2S/c1-5-22-12-7-10(6-11(16)13(12)21)8-17-20-14(9(2)3)18-19-15(20)23-4/h6-9,21H,5H2,1-4H3/b17-8-. The van der Waals surface area contributed by atoms with Crippen LogP contribution >= 0.6 is 27.7 Å². The highest BCUT2D eigenvalue weighted by Gasteiger charge is 2.14. The summed E-state index contributed by atoms with van der Waals surface area (Å²) in [7, 11) is 0. The molecule has 0 aliphatic carbocycles. The van der Waals surface area contributed by atoms with E-state index in [4.69, 9.17) is 4.74 Å². The Kier molecular flexibility index (Phi) is 6.06. The van der Waals surface area contributed by atoms with Crippen LogP contribution < -0.4 is 4.74 Å². The van der Waals surface area contributed by atoms with Gasteiger partial charge in [0.2, 0.25) is 5.16 Å². The fourth-order valence-electron chi connectivity index (χ4n) is 1.93. The van der Waals surface area contributed by atoms with E-state index in [0.717, 1.165) is 16.5 Å². The molecule has 8 heteroatoms. The van der Waals surface area contributed by atoms with Crippen molar-refractivity contribution >= 4 is 33.9 Å². The summed E-state index contributed by atoms with van der Waals surface area (Å²) >= 11 is 4.81. The Morgan fingerprint density at radius 1 is 1.43 bits per heavy atom. The van der Waals surface area contributed by atoms with Crippen LogP contribution in [-0.4, -0.2) is 39.1 Å². The van der Waals surface area contributed by atoms with Crippen molar-refractivity contribution in [3.8, 4) is 11.5 Å². The van der Waals surface area contributed by atoms with Crippen LogP contribution in [0.3, 0.4) is 0 Å². The molecule has 0 spiro atoms. The number of hydrogen-bond acceptors (Lipinski definition) is 6. The monoisotopic (exact) mass is 398 g/mol. The molecule has 6 nitrogen and oxygen atoms in total. The molecule has 0 atom stereocenters. The molecular formula is C15H19BrN4O2S. The number of aromatic nitrogens is 3. The summed E-state index contributed by atoms with van der Waals surface area (Å²) in [5.41, 5.74) is 0.800. The van der Waals surface area contributed by atoms with Crippen molar-refractivity contribution in [1.82, 2.24) is 14.9 Å². The van der Waals surface area contributed by atoms with E-state index in [-0.39, 0.29) is 11.7 Å². The van der Waals surface area contributed by atoms with Gasteiger partial charge in [-0.25, -0.2) is 0 Å². The van der Waals surface area contributed by atoms with Crippen molar-refractivity contribution in [1.29, 1.82) is 0 Å². The van der Waals surface area contributed by atoms with E-state index in [1.807, 2.05) is 27.0 Å². The van der Waals surface area contributed by atoms with Gasteiger partial charge in [-0.15, -0.1) is 10.2 Å². The lowest BCUT2D eigenvalue weighted by molar-refractivity contribution is 0.317. The van der Waals surface area contributed by atoms with E-state index >= 15 is 0 Å². The minimum absolute atomic E-state index is 0.0842. The SMILES string of the molecule is CCOc1cc(/C=N\n2c(SC)nnc2C(C)C)cc(Br)c1O. The molecule has 0 saturated carbocycles. The van der Waals surface area contributed by atoms with Crippen LogP contribution in [0.2, 0.25) is 0 Å². The van der Waals surface area contributed by atoms with Crippen molar-refractivity contribution < 1.29 is 9.84 Å². The van der Waals surface area contributed by atoms with Crippen LogP contribution in [0.15, 0.2) is 26.9 Å². The lowest BCUT2D eigenvalue weighted by Gasteiger charge is -2.09. The van der Waals surface area contributed by atoms with E-state index in [0.29, 0.717) is 16.8 Å². The number of phenols is 1. The smallest absolute Gasteiger partial charge is 0.211 e. The van der Waals surface area contributed by atoms with Gasteiger partial charge in [-0.05, 0) is 46.8 Å². The van der Waals surface area contributed by atoms with Crippen molar-refractivity contribution in [2.75, 3.05) is 12.9 Å². The predicted octanol–water partition coefficient (Wildman–Crippen LogP) is 3.87. The average Bonchev–Trinajstić information content (AvgIpc) is 2.93. The molecule has 2 rings (SSSR count). The molecule has 2 aromatic rings. The summed E-state index contributed by atoms with van der Waals surface area (Å²) in [5, 5.41) is 23.5. The van der Waals surface area contributed by atoms with Crippen LogP contribution in [0.25, 0.3) is 0 Å². The first-order chi connectivity index (χ1) is 11.0. The maximum Gasteiger partial charge on any atom is 0.211 e. The van der Waals surface area contributed by atoms with Gasteiger partial charge in [0.25, 0.3) is 0 Å². The topological polar surface area (TPSA) is 72.5 Å².